The minimum atomic E-state index is -0.520. The Balaban J connectivity index is 1.53. The number of halogens is 2. The fourth-order valence-corrected chi connectivity index (χ4v) is 3.10. The summed E-state index contributed by atoms with van der Waals surface area (Å²) in [5.74, 6) is -1.25. The van der Waals surface area contributed by atoms with Crippen LogP contribution in [-0.2, 0) is 17.9 Å². The zero-order valence-corrected chi connectivity index (χ0v) is 14.8. The van der Waals surface area contributed by atoms with E-state index in [1.165, 1.54) is 11.1 Å². The van der Waals surface area contributed by atoms with E-state index in [2.05, 4.69) is 41.4 Å². The summed E-state index contributed by atoms with van der Waals surface area (Å²) < 4.78 is 26.8. The highest BCUT2D eigenvalue weighted by Crippen LogP contribution is 2.15. The molecule has 0 saturated carbocycles. The Kier molecular flexibility index (Phi) is 5.78. The van der Waals surface area contributed by atoms with Crippen LogP contribution in [0.3, 0.4) is 0 Å². The van der Waals surface area contributed by atoms with Crippen molar-refractivity contribution in [1.29, 1.82) is 0 Å². The third-order valence-corrected chi connectivity index (χ3v) is 4.52. The first kappa shape index (κ1) is 18.3. The number of benzene rings is 2. The fraction of sp³-hybridized carbons (Fsp3) is 0.286. The van der Waals surface area contributed by atoms with Crippen LogP contribution in [-0.4, -0.2) is 23.9 Å². The topological polar surface area (TPSA) is 32.3 Å². The first-order valence-corrected chi connectivity index (χ1v) is 8.70. The van der Waals surface area contributed by atoms with Gasteiger partial charge >= 0.3 is 0 Å². The molecule has 1 N–H and O–H groups in total. The molecule has 0 saturated heterocycles. The summed E-state index contributed by atoms with van der Waals surface area (Å²) in [4.78, 5) is 14.5. The number of carbonyl (C=O) groups excluding carboxylic acids is 1. The first-order valence-electron chi connectivity index (χ1n) is 8.70. The molecule has 0 bridgehead atoms. The summed E-state index contributed by atoms with van der Waals surface area (Å²) >= 11 is 0. The molecular weight excluding hydrogens is 334 g/mol. The molecular formula is C21H22F2N2O. The van der Waals surface area contributed by atoms with Gasteiger partial charge < -0.3 is 5.32 Å². The van der Waals surface area contributed by atoms with E-state index < -0.39 is 11.6 Å². The Hall–Kier alpha value is -2.53. The highest BCUT2D eigenvalue weighted by Gasteiger charge is 2.17. The van der Waals surface area contributed by atoms with E-state index in [9.17, 15) is 13.6 Å². The molecule has 0 spiro atoms. The van der Waals surface area contributed by atoms with Crippen LogP contribution in [0.5, 0.6) is 0 Å². The van der Waals surface area contributed by atoms with Crippen LogP contribution < -0.4 is 5.32 Å². The van der Waals surface area contributed by atoms with Crippen LogP contribution in [0, 0.1) is 18.6 Å². The molecule has 0 aromatic heterocycles. The third-order valence-electron chi connectivity index (χ3n) is 4.52. The molecule has 5 heteroatoms. The van der Waals surface area contributed by atoms with Crippen LogP contribution in [0.2, 0.25) is 0 Å². The lowest BCUT2D eigenvalue weighted by Gasteiger charge is -2.26. The molecule has 1 aliphatic rings. The maximum absolute atomic E-state index is 13.6. The van der Waals surface area contributed by atoms with Gasteiger partial charge in [-0.05, 0) is 37.1 Å². The van der Waals surface area contributed by atoms with Crippen molar-refractivity contribution in [3.05, 3.63) is 82.4 Å². The summed E-state index contributed by atoms with van der Waals surface area (Å²) in [7, 11) is 0. The molecule has 0 aliphatic carbocycles. The predicted octanol–water partition coefficient (Wildman–Crippen LogP) is 3.72. The number of hydrogen-bond donors (Lipinski definition) is 1. The molecule has 26 heavy (non-hydrogen) atoms. The number of carbonyl (C=O) groups is 1. The normalized spacial score (nSPS) is 14.8. The number of nitrogens with one attached hydrogen (secondary N) is 1. The number of hydrogen-bond acceptors (Lipinski definition) is 2. The van der Waals surface area contributed by atoms with Gasteiger partial charge in [-0.15, -0.1) is 0 Å². The van der Waals surface area contributed by atoms with Gasteiger partial charge in [-0.2, -0.15) is 0 Å². The Bertz CT molecular complexity index is 833. The average molecular weight is 356 g/mol. The van der Waals surface area contributed by atoms with E-state index >= 15 is 0 Å². The molecule has 0 radical (unpaired) electrons. The quantitative estimate of drug-likeness (QED) is 0.886. The molecule has 2 aromatic carbocycles. The maximum atomic E-state index is 13.6. The Labute approximate surface area is 152 Å². The minimum absolute atomic E-state index is 0.0211. The van der Waals surface area contributed by atoms with Gasteiger partial charge in [0.15, 0.2) is 0 Å². The first-order chi connectivity index (χ1) is 12.5. The smallest absolute Gasteiger partial charge is 0.247 e. The van der Waals surface area contributed by atoms with Crippen LogP contribution in [0.25, 0.3) is 0 Å². The van der Waals surface area contributed by atoms with Crippen molar-refractivity contribution < 1.29 is 13.6 Å². The number of aryl methyl sites for hydroxylation is 1. The molecule has 0 unspecified atom stereocenters. The number of nitrogens with zero attached hydrogens (tertiary/aromatic N) is 1. The Morgan fingerprint density at radius 3 is 2.77 bits per heavy atom. The SMILES string of the molecule is Cc1cccc(CN2CC=C(C(=O)NCc3cc(F)ccc3F)CC2)c1. The van der Waals surface area contributed by atoms with E-state index in [-0.39, 0.29) is 18.0 Å². The van der Waals surface area contributed by atoms with Gasteiger partial charge in [0.1, 0.15) is 11.6 Å². The molecule has 3 rings (SSSR count). The van der Waals surface area contributed by atoms with Crippen molar-refractivity contribution in [2.75, 3.05) is 13.1 Å². The molecule has 1 heterocycles. The van der Waals surface area contributed by atoms with Crippen molar-refractivity contribution in [2.45, 2.75) is 26.4 Å². The van der Waals surface area contributed by atoms with E-state index in [1.807, 2.05) is 6.08 Å². The van der Waals surface area contributed by atoms with E-state index in [4.69, 9.17) is 0 Å². The lowest BCUT2D eigenvalue weighted by molar-refractivity contribution is -0.118. The van der Waals surface area contributed by atoms with Crippen LogP contribution >= 0.6 is 0 Å². The van der Waals surface area contributed by atoms with E-state index in [0.717, 1.165) is 31.3 Å². The van der Waals surface area contributed by atoms with Crippen molar-refractivity contribution in [3.8, 4) is 0 Å². The fourth-order valence-electron chi connectivity index (χ4n) is 3.10. The third kappa shape index (κ3) is 4.76. The van der Waals surface area contributed by atoms with Gasteiger partial charge in [0.25, 0.3) is 0 Å². The van der Waals surface area contributed by atoms with E-state index in [1.54, 1.807) is 0 Å². The highest BCUT2D eigenvalue weighted by molar-refractivity contribution is 5.93. The molecule has 3 nitrogen and oxygen atoms in total. The zero-order chi connectivity index (χ0) is 18.5. The summed E-state index contributed by atoms with van der Waals surface area (Å²) in [6, 6.07) is 11.6. The van der Waals surface area contributed by atoms with Gasteiger partial charge in [0.2, 0.25) is 5.91 Å². The zero-order valence-electron chi connectivity index (χ0n) is 14.8. The summed E-state index contributed by atoms with van der Waals surface area (Å²) in [6.07, 6.45) is 2.56. The van der Waals surface area contributed by atoms with Crippen molar-refractivity contribution >= 4 is 5.91 Å². The summed E-state index contributed by atoms with van der Waals surface area (Å²) in [5, 5.41) is 2.68. The predicted molar refractivity (Wildman–Crippen MR) is 97.4 cm³/mol. The lowest BCUT2D eigenvalue weighted by atomic mass is 10.1. The van der Waals surface area contributed by atoms with Gasteiger partial charge in [-0.25, -0.2) is 8.78 Å². The number of rotatable bonds is 5. The maximum Gasteiger partial charge on any atom is 0.247 e. The molecule has 136 valence electrons. The monoisotopic (exact) mass is 356 g/mol. The Morgan fingerprint density at radius 1 is 1.19 bits per heavy atom. The van der Waals surface area contributed by atoms with Gasteiger partial charge in [-0.3, -0.25) is 9.69 Å². The molecule has 2 aromatic rings. The summed E-state index contributed by atoms with van der Waals surface area (Å²) in [6.45, 7) is 4.39. The standard InChI is InChI=1S/C21H22F2N2O/c1-15-3-2-4-16(11-15)14-25-9-7-17(8-10-25)21(26)24-13-18-12-19(22)5-6-20(18)23/h2-7,11-12H,8-10,13-14H2,1H3,(H,24,26). The molecule has 1 aliphatic heterocycles. The second kappa shape index (κ2) is 8.23. The van der Waals surface area contributed by atoms with Crippen LogP contribution in [0.4, 0.5) is 8.78 Å². The van der Waals surface area contributed by atoms with Gasteiger partial charge in [0.05, 0.1) is 0 Å². The minimum Gasteiger partial charge on any atom is -0.348 e. The Morgan fingerprint density at radius 2 is 2.04 bits per heavy atom. The van der Waals surface area contributed by atoms with Crippen molar-refractivity contribution in [1.82, 2.24) is 10.2 Å². The van der Waals surface area contributed by atoms with Crippen LogP contribution in [0.1, 0.15) is 23.1 Å². The summed E-state index contributed by atoms with van der Waals surface area (Å²) in [5.41, 5.74) is 3.34. The van der Waals surface area contributed by atoms with Gasteiger partial charge in [0, 0.05) is 37.3 Å². The van der Waals surface area contributed by atoms with E-state index in [0.29, 0.717) is 18.5 Å². The van der Waals surface area contributed by atoms with Crippen molar-refractivity contribution in [3.63, 3.8) is 0 Å². The highest BCUT2D eigenvalue weighted by atomic mass is 19.1. The average Bonchev–Trinajstić information content (AvgIpc) is 2.63. The molecule has 1 amide bonds. The second-order valence-electron chi connectivity index (χ2n) is 6.62. The van der Waals surface area contributed by atoms with Gasteiger partial charge in [-0.1, -0.05) is 35.9 Å². The number of amides is 1. The molecule has 0 fully saturated rings. The molecule has 0 atom stereocenters. The second-order valence-corrected chi connectivity index (χ2v) is 6.62. The largest absolute Gasteiger partial charge is 0.348 e. The van der Waals surface area contributed by atoms with Crippen molar-refractivity contribution in [2.24, 2.45) is 0 Å². The van der Waals surface area contributed by atoms with Crippen LogP contribution in [0.15, 0.2) is 54.1 Å². The lowest BCUT2D eigenvalue weighted by Crippen LogP contribution is -2.33.